The lowest BCUT2D eigenvalue weighted by atomic mass is 9.98. The summed E-state index contributed by atoms with van der Waals surface area (Å²) < 4.78 is 33.8. The van der Waals surface area contributed by atoms with Crippen LogP contribution in [0.4, 0.5) is 0 Å². The van der Waals surface area contributed by atoms with Gasteiger partial charge in [0.15, 0.2) is 12.6 Å². The SMILES string of the molecule is CC(O)CCCCCC/C=C\C/C=C\CCCCC(=O)NCCc1c[nH]c2ccc(O[C@@H]3O[C@H](COC4O[C@H](CO[C@H]5O[C@H](CO)[C@@H](O)[C@@H](O)[C@H]5O)[C@@H](O)[C@@H](O)[C@H]4O)[C@@H](O)[C@@H](O)[C@H]3O)cc12. The van der Waals surface area contributed by atoms with Gasteiger partial charge in [0, 0.05) is 30.1 Å². The number of hydrogen-bond acceptors (Lipinski definition) is 18. The Kier molecular flexibility index (Phi) is 22.1. The molecule has 0 radical (unpaired) electrons. The maximum Gasteiger partial charge on any atom is 0.229 e. The molecule has 66 heavy (non-hydrogen) atoms. The minimum absolute atomic E-state index is 0.0293. The van der Waals surface area contributed by atoms with Crippen LogP contribution in [0.1, 0.15) is 83.1 Å². The van der Waals surface area contributed by atoms with Gasteiger partial charge in [-0.1, -0.05) is 43.6 Å². The summed E-state index contributed by atoms with van der Waals surface area (Å²) in [6.45, 7) is 0.360. The number of benzene rings is 1. The molecule has 3 aliphatic rings. The van der Waals surface area contributed by atoms with Gasteiger partial charge in [-0.15, -0.1) is 0 Å². The van der Waals surface area contributed by atoms with Crippen molar-refractivity contribution in [3.63, 3.8) is 0 Å². The highest BCUT2D eigenvalue weighted by Gasteiger charge is 2.49. The molecule has 13 N–H and O–H groups in total. The summed E-state index contributed by atoms with van der Waals surface area (Å²) in [5, 5.41) is 117. The predicted octanol–water partition coefficient (Wildman–Crippen LogP) is -0.562. The number of aromatic nitrogens is 1. The molecule has 20 nitrogen and oxygen atoms in total. The molecule has 0 aliphatic carbocycles. The molecule has 0 bridgehead atoms. The molecule has 1 aromatic carbocycles. The highest BCUT2D eigenvalue weighted by atomic mass is 16.7. The molecular weight excluding hydrogens is 869 g/mol. The molecule has 5 rings (SSSR count). The first-order valence-electron chi connectivity index (χ1n) is 23.1. The standard InChI is InChI=1S/C46H72N2O18/c1-26(50)15-13-11-9-7-5-3-2-4-6-8-10-12-14-16-34(51)47-20-19-27-22-48-30-18-17-28(21-29(27)30)63-46-43(60)40(57)37(54)33(66-46)25-62-45-42(59)39(56)36(53)32(65-45)24-61-44-41(58)38(55)35(52)31(23-49)64-44/h2-3,6,8,17-18,21-22,26,31-33,35-46,48-50,52-60H,4-5,7,9-16,19-20,23-25H2,1H3,(H,47,51)/b3-2-,8-6-/t26?,31-,32-,33-,35-,36-,37-,38-,39-,40-,41-,42-,43-,44+,45?,46-/m1/s1. The minimum atomic E-state index is -1.84. The molecule has 2 aromatic rings. The molecule has 1 amide bonds. The van der Waals surface area contributed by atoms with E-state index in [-0.39, 0.29) is 17.8 Å². The van der Waals surface area contributed by atoms with E-state index in [1.807, 2.05) is 13.1 Å². The molecule has 0 spiro atoms. The summed E-state index contributed by atoms with van der Waals surface area (Å²) in [5.41, 5.74) is 1.68. The van der Waals surface area contributed by atoms with Gasteiger partial charge in [0.25, 0.3) is 0 Å². The molecule has 16 atom stereocenters. The summed E-state index contributed by atoms with van der Waals surface area (Å²) in [5.74, 6) is 0.226. The van der Waals surface area contributed by atoms with Gasteiger partial charge in [0.2, 0.25) is 12.2 Å². The van der Waals surface area contributed by atoms with Gasteiger partial charge in [-0.25, -0.2) is 0 Å². The summed E-state index contributed by atoms with van der Waals surface area (Å²) in [6, 6.07) is 5.08. The number of hydrogen-bond donors (Lipinski definition) is 13. The number of aliphatic hydroxyl groups is 11. The molecule has 374 valence electrons. The van der Waals surface area contributed by atoms with E-state index < -0.39 is 112 Å². The van der Waals surface area contributed by atoms with Crippen molar-refractivity contribution in [3.05, 3.63) is 54.3 Å². The van der Waals surface area contributed by atoms with Crippen LogP contribution < -0.4 is 10.1 Å². The summed E-state index contributed by atoms with van der Waals surface area (Å²) in [7, 11) is 0. The quantitative estimate of drug-likeness (QED) is 0.0415. The second-order valence-corrected chi connectivity index (χ2v) is 17.4. The van der Waals surface area contributed by atoms with E-state index in [0.29, 0.717) is 19.4 Å². The van der Waals surface area contributed by atoms with Crippen LogP contribution in [0.25, 0.3) is 10.9 Å². The average Bonchev–Trinajstić information content (AvgIpc) is 3.70. The van der Waals surface area contributed by atoms with Crippen LogP contribution in [0.2, 0.25) is 0 Å². The fourth-order valence-electron chi connectivity index (χ4n) is 8.03. The van der Waals surface area contributed by atoms with Crippen LogP contribution >= 0.6 is 0 Å². The Morgan fingerprint density at radius 1 is 0.697 bits per heavy atom. The van der Waals surface area contributed by atoms with Gasteiger partial charge in [0.1, 0.15) is 79.0 Å². The molecule has 0 saturated carbocycles. The first-order chi connectivity index (χ1) is 31.7. The third-order valence-corrected chi connectivity index (χ3v) is 12.1. The molecule has 1 aromatic heterocycles. The third-order valence-electron chi connectivity index (χ3n) is 12.1. The van der Waals surface area contributed by atoms with Gasteiger partial charge in [-0.3, -0.25) is 4.79 Å². The Hall–Kier alpha value is -3.13. The predicted molar refractivity (Wildman–Crippen MR) is 235 cm³/mol. The number of carbonyl (C=O) groups excluding carboxylic acids is 1. The number of aliphatic hydroxyl groups excluding tert-OH is 11. The Morgan fingerprint density at radius 2 is 1.24 bits per heavy atom. The highest BCUT2D eigenvalue weighted by Crippen LogP contribution is 2.30. The summed E-state index contributed by atoms with van der Waals surface area (Å²) in [6.07, 6.45) is -3.15. The summed E-state index contributed by atoms with van der Waals surface area (Å²) >= 11 is 0. The number of nitrogens with one attached hydrogen (secondary N) is 2. The number of aromatic amines is 1. The van der Waals surface area contributed by atoms with Gasteiger partial charge in [-0.2, -0.15) is 0 Å². The fourth-order valence-corrected chi connectivity index (χ4v) is 8.03. The fraction of sp³-hybridized carbons (Fsp3) is 0.717. The maximum absolute atomic E-state index is 12.5. The zero-order chi connectivity index (χ0) is 47.8. The van der Waals surface area contributed by atoms with Crippen molar-refractivity contribution in [2.75, 3.05) is 26.4 Å². The Balaban J connectivity index is 1.03. The number of carbonyl (C=O) groups is 1. The first-order valence-corrected chi connectivity index (χ1v) is 23.1. The van der Waals surface area contributed by atoms with E-state index in [9.17, 15) is 61.0 Å². The number of amides is 1. The highest BCUT2D eigenvalue weighted by molar-refractivity contribution is 5.84. The average molecular weight is 941 g/mol. The van der Waals surface area contributed by atoms with Crippen LogP contribution in [0, 0.1) is 0 Å². The van der Waals surface area contributed by atoms with Crippen molar-refractivity contribution in [3.8, 4) is 5.75 Å². The summed E-state index contributed by atoms with van der Waals surface area (Å²) in [4.78, 5) is 15.7. The van der Waals surface area contributed by atoms with Crippen molar-refractivity contribution in [2.24, 2.45) is 0 Å². The monoisotopic (exact) mass is 940 g/mol. The topological polar surface area (TPSA) is 323 Å². The Bertz CT molecular complexity index is 1780. The third kappa shape index (κ3) is 15.4. The largest absolute Gasteiger partial charge is 0.462 e. The van der Waals surface area contributed by atoms with Crippen LogP contribution in [-0.4, -0.2) is 192 Å². The number of allylic oxidation sites excluding steroid dienone is 4. The van der Waals surface area contributed by atoms with E-state index in [4.69, 9.17) is 28.4 Å². The molecule has 2 unspecified atom stereocenters. The van der Waals surface area contributed by atoms with Crippen LogP contribution in [0.3, 0.4) is 0 Å². The number of H-pyrrole nitrogens is 1. The molecule has 3 saturated heterocycles. The van der Waals surface area contributed by atoms with Gasteiger partial charge < -0.3 is 94.9 Å². The van der Waals surface area contributed by atoms with E-state index in [2.05, 4.69) is 34.6 Å². The molecule has 20 heteroatoms. The first kappa shape index (κ1) is 53.8. The molecule has 3 fully saturated rings. The zero-order valence-corrected chi connectivity index (χ0v) is 37.4. The smallest absolute Gasteiger partial charge is 0.229 e. The second kappa shape index (κ2) is 27.2. The van der Waals surface area contributed by atoms with Crippen molar-refractivity contribution in [1.29, 1.82) is 0 Å². The van der Waals surface area contributed by atoms with Crippen molar-refractivity contribution in [2.45, 2.75) is 182 Å². The van der Waals surface area contributed by atoms with Crippen LogP contribution in [0.5, 0.6) is 5.75 Å². The van der Waals surface area contributed by atoms with E-state index >= 15 is 0 Å². The van der Waals surface area contributed by atoms with E-state index in [0.717, 1.165) is 67.8 Å². The van der Waals surface area contributed by atoms with E-state index in [1.165, 1.54) is 12.8 Å². The van der Waals surface area contributed by atoms with Crippen molar-refractivity contribution < 1.29 is 89.4 Å². The number of fused-ring (bicyclic) bond motifs is 1. The van der Waals surface area contributed by atoms with Crippen LogP contribution in [-0.2, 0) is 34.9 Å². The number of rotatable bonds is 26. The van der Waals surface area contributed by atoms with Gasteiger partial charge in [0.05, 0.1) is 25.9 Å². The second-order valence-electron chi connectivity index (χ2n) is 17.4. The molecule has 4 heterocycles. The van der Waals surface area contributed by atoms with Gasteiger partial charge >= 0.3 is 0 Å². The lowest BCUT2D eigenvalue weighted by Gasteiger charge is -2.43. The number of ether oxygens (including phenoxy) is 6. The normalized spacial score (nSPS) is 33.5. The van der Waals surface area contributed by atoms with Gasteiger partial charge in [-0.05, 0) is 82.1 Å². The lowest BCUT2D eigenvalue weighted by molar-refractivity contribution is -0.339. The Morgan fingerprint density at radius 3 is 1.85 bits per heavy atom. The van der Waals surface area contributed by atoms with Crippen molar-refractivity contribution in [1.82, 2.24) is 10.3 Å². The molecular formula is C46H72N2O18. The molecule has 3 aliphatic heterocycles. The van der Waals surface area contributed by atoms with Crippen LogP contribution in [0.15, 0.2) is 48.7 Å². The maximum atomic E-state index is 12.5. The zero-order valence-electron chi connectivity index (χ0n) is 37.4. The number of unbranched alkanes of at least 4 members (excludes halogenated alkanes) is 6. The lowest BCUT2D eigenvalue weighted by Crippen LogP contribution is -2.63. The Labute approximate surface area is 384 Å². The van der Waals surface area contributed by atoms with Crippen molar-refractivity contribution >= 4 is 16.8 Å². The van der Waals surface area contributed by atoms with E-state index in [1.54, 1.807) is 18.2 Å². The minimum Gasteiger partial charge on any atom is -0.462 e.